The predicted octanol–water partition coefficient (Wildman–Crippen LogP) is 0.969. The number of aliphatic hydroxyl groups is 2. The summed E-state index contributed by atoms with van der Waals surface area (Å²) in [5.41, 5.74) is 0.276. The fourth-order valence-electron chi connectivity index (χ4n) is 3.38. The first-order valence-electron chi connectivity index (χ1n) is 10.4. The molecule has 0 spiro atoms. The highest BCUT2D eigenvalue weighted by molar-refractivity contribution is 7.84. The topological polar surface area (TPSA) is 148 Å². The Labute approximate surface area is 197 Å². The zero-order chi connectivity index (χ0) is 24.7. The third-order valence-corrected chi connectivity index (χ3v) is 6.07. The summed E-state index contributed by atoms with van der Waals surface area (Å²) in [5.74, 6) is -1.74. The summed E-state index contributed by atoms with van der Waals surface area (Å²) < 4.78 is 42.5. The second kappa shape index (κ2) is 11.4. The van der Waals surface area contributed by atoms with Crippen molar-refractivity contribution in [2.75, 3.05) is 6.61 Å². The van der Waals surface area contributed by atoms with Gasteiger partial charge < -0.3 is 19.7 Å². The Morgan fingerprint density at radius 3 is 2.03 bits per heavy atom. The minimum atomic E-state index is -4.46. The van der Waals surface area contributed by atoms with Crippen LogP contribution in [0.4, 0.5) is 0 Å². The lowest BCUT2D eigenvalue weighted by atomic mass is 9.95. The Bertz CT molecular complexity index is 1090. The van der Waals surface area contributed by atoms with Gasteiger partial charge in [-0.2, -0.15) is 13.1 Å². The second-order valence-electron chi connectivity index (χ2n) is 7.51. The molecule has 1 heterocycles. The van der Waals surface area contributed by atoms with Crippen molar-refractivity contribution in [3.05, 3.63) is 84.4 Å². The summed E-state index contributed by atoms with van der Waals surface area (Å²) in [7, 11) is -4.46. The van der Waals surface area contributed by atoms with Crippen molar-refractivity contribution >= 4 is 22.2 Å². The first kappa shape index (κ1) is 25.5. The summed E-state index contributed by atoms with van der Waals surface area (Å²) >= 11 is 0. The van der Waals surface area contributed by atoms with Gasteiger partial charge in [-0.25, -0.2) is 9.59 Å². The monoisotopic (exact) mass is 491 g/mol. The van der Waals surface area contributed by atoms with E-state index in [0.717, 1.165) is 0 Å². The van der Waals surface area contributed by atoms with Crippen LogP contribution in [0.1, 0.15) is 27.1 Å². The van der Waals surface area contributed by atoms with Crippen molar-refractivity contribution in [2.24, 2.45) is 0 Å². The average Bonchev–Trinajstić information content (AvgIpc) is 2.84. The van der Waals surface area contributed by atoms with Crippen molar-refractivity contribution in [1.29, 1.82) is 0 Å². The molecule has 5 atom stereocenters. The van der Waals surface area contributed by atoms with E-state index < -0.39 is 59.3 Å². The largest absolute Gasteiger partial charge is 0.453 e. The molecular weight excluding hydrogens is 466 g/mol. The van der Waals surface area contributed by atoms with Gasteiger partial charge in [0.25, 0.3) is 0 Å². The van der Waals surface area contributed by atoms with Gasteiger partial charge in [-0.1, -0.05) is 42.5 Å². The van der Waals surface area contributed by atoms with E-state index in [1.54, 1.807) is 36.4 Å². The smallest absolute Gasteiger partial charge is 0.338 e. The van der Waals surface area contributed by atoms with E-state index in [1.165, 1.54) is 30.3 Å². The van der Waals surface area contributed by atoms with Crippen LogP contribution in [-0.2, 0) is 24.0 Å². The number of esters is 2. The molecule has 0 amide bonds. The highest BCUT2D eigenvalue weighted by atomic mass is 32.2. The Morgan fingerprint density at radius 1 is 1.03 bits per heavy atom. The number of nitrogens with one attached hydrogen (secondary N) is 1. The number of carbonyl (C=O) groups is 2. The standard InChI is InChI=1S/C23H25NO9S/c1-2-9-17(25)19-21(33-23(28)16-12-7-4-8-13-16)20(18(26)14-31-34(29,30)24-19)32-22(27)15-10-5-3-6-11-15/h2-8,10-13,17-21,24-26H,1,9,14H2/t17-,18+,19+,20+,21+/m0/s1. The first-order chi connectivity index (χ1) is 16.2. The van der Waals surface area contributed by atoms with E-state index in [9.17, 15) is 28.2 Å². The Hall–Kier alpha value is -3.09. The Balaban J connectivity index is 2.02. The van der Waals surface area contributed by atoms with E-state index in [-0.39, 0.29) is 17.5 Å². The summed E-state index contributed by atoms with van der Waals surface area (Å²) in [4.78, 5) is 25.6. The molecule has 2 aromatic rings. The molecular formula is C23H25NO9S. The highest BCUT2D eigenvalue weighted by Gasteiger charge is 2.47. The van der Waals surface area contributed by atoms with Crippen molar-refractivity contribution < 1.29 is 41.9 Å². The van der Waals surface area contributed by atoms with Crippen molar-refractivity contribution in [3.8, 4) is 0 Å². The predicted molar refractivity (Wildman–Crippen MR) is 120 cm³/mol. The molecule has 3 N–H and O–H groups in total. The fourth-order valence-corrected chi connectivity index (χ4v) is 4.39. The van der Waals surface area contributed by atoms with Gasteiger partial charge in [0.15, 0.2) is 12.2 Å². The first-order valence-corrected chi connectivity index (χ1v) is 11.8. The van der Waals surface area contributed by atoms with Gasteiger partial charge >= 0.3 is 22.2 Å². The van der Waals surface area contributed by atoms with Gasteiger partial charge in [-0.15, -0.1) is 6.58 Å². The summed E-state index contributed by atoms with van der Waals surface area (Å²) in [6.07, 6.45) is -5.17. The number of hydrogen-bond acceptors (Lipinski definition) is 9. The van der Waals surface area contributed by atoms with Gasteiger partial charge in [-0.05, 0) is 30.7 Å². The molecule has 0 bridgehead atoms. The Kier molecular flexibility index (Phi) is 8.53. The molecule has 1 aliphatic heterocycles. The van der Waals surface area contributed by atoms with Crippen LogP contribution in [0, 0.1) is 0 Å². The third-order valence-electron chi connectivity index (χ3n) is 5.06. The molecule has 0 aliphatic carbocycles. The van der Waals surface area contributed by atoms with Crippen LogP contribution in [0.5, 0.6) is 0 Å². The van der Waals surface area contributed by atoms with Gasteiger partial charge in [0.1, 0.15) is 6.10 Å². The lowest BCUT2D eigenvalue weighted by Gasteiger charge is -2.38. The number of rotatable bonds is 7. The van der Waals surface area contributed by atoms with E-state index in [2.05, 4.69) is 11.3 Å². The summed E-state index contributed by atoms with van der Waals surface area (Å²) in [5, 5.41) is 21.4. The maximum absolute atomic E-state index is 12.9. The molecule has 182 valence electrons. The van der Waals surface area contributed by atoms with Crippen LogP contribution in [-0.4, -0.2) is 67.6 Å². The van der Waals surface area contributed by atoms with Gasteiger partial charge in [0.05, 0.1) is 29.9 Å². The summed E-state index contributed by atoms with van der Waals surface area (Å²) in [6, 6.07) is 14.1. The average molecular weight is 492 g/mol. The maximum Gasteiger partial charge on any atom is 0.338 e. The molecule has 1 aliphatic rings. The quantitative estimate of drug-likeness (QED) is 0.380. The van der Waals surface area contributed by atoms with E-state index in [0.29, 0.717) is 0 Å². The van der Waals surface area contributed by atoms with E-state index in [4.69, 9.17) is 13.7 Å². The van der Waals surface area contributed by atoms with Crippen LogP contribution >= 0.6 is 0 Å². The number of ether oxygens (including phenoxy) is 2. The number of benzene rings is 2. The highest BCUT2D eigenvalue weighted by Crippen LogP contribution is 2.24. The van der Waals surface area contributed by atoms with Crippen LogP contribution in [0.3, 0.4) is 0 Å². The lowest BCUT2D eigenvalue weighted by Crippen LogP contribution is -2.62. The molecule has 0 unspecified atom stereocenters. The van der Waals surface area contributed by atoms with Gasteiger partial charge in [-0.3, -0.25) is 4.18 Å². The van der Waals surface area contributed by atoms with Crippen molar-refractivity contribution in [3.63, 3.8) is 0 Å². The normalized spacial score (nSPS) is 25.2. The minimum Gasteiger partial charge on any atom is -0.453 e. The van der Waals surface area contributed by atoms with Gasteiger partial charge in [0.2, 0.25) is 0 Å². The Morgan fingerprint density at radius 2 is 1.53 bits per heavy atom. The van der Waals surface area contributed by atoms with Crippen LogP contribution in [0.25, 0.3) is 0 Å². The molecule has 11 heteroatoms. The van der Waals surface area contributed by atoms with E-state index in [1.807, 2.05) is 0 Å². The number of aliphatic hydroxyl groups excluding tert-OH is 2. The molecule has 0 aromatic heterocycles. The van der Waals surface area contributed by atoms with E-state index >= 15 is 0 Å². The SMILES string of the molecule is C=CC[C@H](O)[C@H]1NS(=O)(=O)OC[C@@H](O)[C@@H](OC(=O)c2ccccc2)[C@@H]1OC(=O)c1ccccc1. The molecule has 34 heavy (non-hydrogen) atoms. The molecule has 1 saturated heterocycles. The zero-order valence-electron chi connectivity index (χ0n) is 18.0. The molecule has 0 saturated carbocycles. The molecule has 0 radical (unpaired) electrons. The molecule has 2 aromatic carbocycles. The fraction of sp³-hybridized carbons (Fsp3) is 0.304. The lowest BCUT2D eigenvalue weighted by molar-refractivity contribution is -0.113. The third kappa shape index (κ3) is 6.49. The number of carbonyl (C=O) groups excluding carboxylic acids is 2. The number of hydrogen-bond donors (Lipinski definition) is 3. The van der Waals surface area contributed by atoms with Crippen molar-refractivity contribution in [1.82, 2.24) is 4.72 Å². The molecule has 1 fully saturated rings. The molecule has 10 nitrogen and oxygen atoms in total. The zero-order valence-corrected chi connectivity index (χ0v) is 18.8. The minimum absolute atomic E-state index is 0.109. The van der Waals surface area contributed by atoms with Crippen molar-refractivity contribution in [2.45, 2.75) is 36.9 Å². The second-order valence-corrected chi connectivity index (χ2v) is 8.89. The van der Waals surface area contributed by atoms with Crippen LogP contribution < -0.4 is 4.72 Å². The molecule has 3 rings (SSSR count). The van der Waals surface area contributed by atoms with Crippen LogP contribution in [0.2, 0.25) is 0 Å². The van der Waals surface area contributed by atoms with Gasteiger partial charge in [0, 0.05) is 0 Å². The summed E-state index contributed by atoms with van der Waals surface area (Å²) in [6.45, 7) is 2.73. The van der Waals surface area contributed by atoms with Crippen LogP contribution in [0.15, 0.2) is 73.3 Å². The maximum atomic E-state index is 12.9.